The van der Waals surface area contributed by atoms with Crippen molar-refractivity contribution in [2.45, 2.75) is 65.5 Å². The van der Waals surface area contributed by atoms with Gasteiger partial charge in [0.25, 0.3) is 0 Å². The predicted molar refractivity (Wildman–Crippen MR) is 82.9 cm³/mol. The molecule has 0 spiro atoms. The second-order valence-corrected chi connectivity index (χ2v) is 5.97. The van der Waals surface area contributed by atoms with Crippen molar-refractivity contribution in [1.29, 1.82) is 0 Å². The summed E-state index contributed by atoms with van der Waals surface area (Å²) in [5.41, 5.74) is -0.700. The number of nitrogens with one attached hydrogen (secondary N) is 1. The third-order valence-electron chi connectivity index (χ3n) is 4.47. The van der Waals surface area contributed by atoms with Gasteiger partial charge in [0.05, 0.1) is 0 Å². The number of rotatable bonds is 8. The Balaban J connectivity index is 2.95. The smallest absolute Gasteiger partial charge is 0.246 e. The Kier molecular flexibility index (Phi) is 6.65. The standard InChI is InChI=1S/C16H30N2O3/c1-6-16(7-2)15(20)17-13(12(4)5)14(19)18(16)10-9-11-21-8-3/h12-13H,6-11H2,1-5H3,(H,17,20). The van der Waals surface area contributed by atoms with Gasteiger partial charge >= 0.3 is 0 Å². The van der Waals surface area contributed by atoms with E-state index in [-0.39, 0.29) is 17.7 Å². The molecule has 21 heavy (non-hydrogen) atoms. The lowest BCUT2D eigenvalue weighted by Crippen LogP contribution is -2.71. The topological polar surface area (TPSA) is 58.6 Å². The molecule has 1 heterocycles. The average Bonchev–Trinajstić information content (AvgIpc) is 2.46. The van der Waals surface area contributed by atoms with Gasteiger partial charge in [0, 0.05) is 19.8 Å². The summed E-state index contributed by atoms with van der Waals surface area (Å²) < 4.78 is 5.36. The molecule has 122 valence electrons. The Morgan fingerprint density at radius 3 is 2.33 bits per heavy atom. The van der Waals surface area contributed by atoms with Crippen LogP contribution in [0.3, 0.4) is 0 Å². The fraction of sp³-hybridized carbons (Fsp3) is 0.875. The number of piperazine rings is 1. The summed E-state index contributed by atoms with van der Waals surface area (Å²) in [6.45, 7) is 11.7. The molecule has 0 saturated carbocycles. The van der Waals surface area contributed by atoms with Crippen LogP contribution in [0.4, 0.5) is 0 Å². The third-order valence-corrected chi connectivity index (χ3v) is 4.47. The molecule has 1 aliphatic rings. The number of hydrogen-bond donors (Lipinski definition) is 1. The van der Waals surface area contributed by atoms with E-state index >= 15 is 0 Å². The van der Waals surface area contributed by atoms with Crippen molar-refractivity contribution in [2.75, 3.05) is 19.8 Å². The zero-order valence-corrected chi connectivity index (χ0v) is 14.1. The van der Waals surface area contributed by atoms with Crippen LogP contribution in [0.25, 0.3) is 0 Å². The molecule has 0 aliphatic carbocycles. The van der Waals surface area contributed by atoms with Gasteiger partial charge in [-0.3, -0.25) is 9.59 Å². The molecule has 1 saturated heterocycles. The van der Waals surface area contributed by atoms with Gasteiger partial charge < -0.3 is 15.0 Å². The molecule has 0 bridgehead atoms. The summed E-state index contributed by atoms with van der Waals surface area (Å²) in [6.07, 6.45) is 2.04. The quantitative estimate of drug-likeness (QED) is 0.697. The van der Waals surface area contributed by atoms with Gasteiger partial charge in [0.1, 0.15) is 11.6 Å². The summed E-state index contributed by atoms with van der Waals surface area (Å²) in [7, 11) is 0. The van der Waals surface area contributed by atoms with E-state index in [1.807, 2.05) is 34.6 Å². The first-order valence-corrected chi connectivity index (χ1v) is 8.14. The van der Waals surface area contributed by atoms with Crippen molar-refractivity contribution in [3.8, 4) is 0 Å². The van der Waals surface area contributed by atoms with Gasteiger partial charge in [-0.25, -0.2) is 0 Å². The number of amides is 2. The van der Waals surface area contributed by atoms with E-state index in [4.69, 9.17) is 4.74 Å². The highest BCUT2D eigenvalue weighted by Crippen LogP contribution is 2.30. The molecule has 0 radical (unpaired) electrons. The van der Waals surface area contributed by atoms with E-state index in [0.29, 0.717) is 32.6 Å². The van der Waals surface area contributed by atoms with E-state index in [1.54, 1.807) is 4.90 Å². The summed E-state index contributed by atoms with van der Waals surface area (Å²) >= 11 is 0. The number of carbonyl (C=O) groups excluding carboxylic acids is 2. The third kappa shape index (κ3) is 3.57. The first-order valence-electron chi connectivity index (χ1n) is 8.14. The minimum Gasteiger partial charge on any atom is -0.382 e. The van der Waals surface area contributed by atoms with Crippen LogP contribution in [0.1, 0.15) is 53.9 Å². The highest BCUT2D eigenvalue weighted by atomic mass is 16.5. The molecule has 0 aromatic carbocycles. The normalized spacial score (nSPS) is 21.8. The Morgan fingerprint density at radius 1 is 1.24 bits per heavy atom. The van der Waals surface area contributed by atoms with Gasteiger partial charge in [-0.05, 0) is 32.1 Å². The minimum absolute atomic E-state index is 0.0118. The SMILES string of the molecule is CCOCCCN1C(=O)C(C(C)C)NC(=O)C1(CC)CC. The van der Waals surface area contributed by atoms with Crippen molar-refractivity contribution in [3.05, 3.63) is 0 Å². The van der Waals surface area contributed by atoms with Crippen LogP contribution in [0, 0.1) is 5.92 Å². The number of hydrogen-bond acceptors (Lipinski definition) is 3. The van der Waals surface area contributed by atoms with Crippen LogP contribution in [0.15, 0.2) is 0 Å². The number of carbonyl (C=O) groups is 2. The van der Waals surface area contributed by atoms with Gasteiger partial charge in [-0.1, -0.05) is 27.7 Å². The lowest BCUT2D eigenvalue weighted by molar-refractivity contribution is -0.159. The van der Waals surface area contributed by atoms with Crippen molar-refractivity contribution >= 4 is 11.8 Å². The Hall–Kier alpha value is -1.10. The maximum Gasteiger partial charge on any atom is 0.246 e. The van der Waals surface area contributed by atoms with E-state index in [9.17, 15) is 9.59 Å². The highest BCUT2D eigenvalue weighted by Gasteiger charge is 2.50. The number of ether oxygens (including phenoxy) is 1. The fourth-order valence-electron chi connectivity index (χ4n) is 3.04. The Bertz CT molecular complexity index is 365. The average molecular weight is 298 g/mol. The maximum absolute atomic E-state index is 12.8. The van der Waals surface area contributed by atoms with Crippen LogP contribution in [-0.4, -0.2) is 48.1 Å². The lowest BCUT2D eigenvalue weighted by atomic mass is 9.84. The van der Waals surface area contributed by atoms with Crippen LogP contribution < -0.4 is 5.32 Å². The van der Waals surface area contributed by atoms with Gasteiger partial charge in [0.15, 0.2) is 0 Å². The van der Waals surface area contributed by atoms with Crippen molar-refractivity contribution < 1.29 is 14.3 Å². The second kappa shape index (κ2) is 7.78. The fourth-order valence-corrected chi connectivity index (χ4v) is 3.04. The van der Waals surface area contributed by atoms with Crippen molar-refractivity contribution in [2.24, 2.45) is 5.92 Å². The second-order valence-electron chi connectivity index (χ2n) is 5.97. The molecule has 1 rings (SSSR count). The van der Waals surface area contributed by atoms with E-state index in [0.717, 1.165) is 6.42 Å². The highest BCUT2D eigenvalue weighted by molar-refractivity contribution is 5.99. The Labute approximate surface area is 128 Å². The minimum atomic E-state index is -0.700. The van der Waals surface area contributed by atoms with Crippen molar-refractivity contribution in [3.63, 3.8) is 0 Å². The molecule has 1 aliphatic heterocycles. The largest absolute Gasteiger partial charge is 0.382 e. The zero-order chi connectivity index (χ0) is 16.0. The Morgan fingerprint density at radius 2 is 1.86 bits per heavy atom. The molecule has 2 amide bonds. The first-order chi connectivity index (χ1) is 9.94. The van der Waals surface area contributed by atoms with Gasteiger partial charge in [0.2, 0.25) is 11.8 Å². The lowest BCUT2D eigenvalue weighted by Gasteiger charge is -2.48. The zero-order valence-electron chi connectivity index (χ0n) is 14.1. The summed E-state index contributed by atoms with van der Waals surface area (Å²) in [6, 6.07) is -0.407. The van der Waals surface area contributed by atoms with Crippen LogP contribution in [-0.2, 0) is 14.3 Å². The summed E-state index contributed by atoms with van der Waals surface area (Å²) in [4.78, 5) is 27.2. The molecule has 1 atom stereocenters. The summed E-state index contributed by atoms with van der Waals surface area (Å²) in [5, 5.41) is 2.93. The van der Waals surface area contributed by atoms with Crippen molar-refractivity contribution in [1.82, 2.24) is 10.2 Å². The molecule has 0 aromatic rings. The monoisotopic (exact) mass is 298 g/mol. The van der Waals surface area contributed by atoms with E-state index in [2.05, 4.69) is 5.32 Å². The molecule has 1 fully saturated rings. The molecule has 5 heteroatoms. The predicted octanol–water partition coefficient (Wildman–Crippen LogP) is 1.95. The maximum atomic E-state index is 12.8. The van der Waals surface area contributed by atoms with Crippen LogP contribution in [0.5, 0.6) is 0 Å². The first kappa shape index (κ1) is 18.0. The van der Waals surface area contributed by atoms with Gasteiger partial charge in [-0.2, -0.15) is 0 Å². The number of nitrogens with zero attached hydrogens (tertiary/aromatic N) is 1. The van der Waals surface area contributed by atoms with Gasteiger partial charge in [-0.15, -0.1) is 0 Å². The van der Waals surface area contributed by atoms with E-state index < -0.39 is 11.6 Å². The van der Waals surface area contributed by atoms with Crippen LogP contribution >= 0.6 is 0 Å². The molecule has 1 unspecified atom stereocenters. The molecular formula is C16H30N2O3. The van der Waals surface area contributed by atoms with Crippen LogP contribution in [0.2, 0.25) is 0 Å². The molecule has 5 nitrogen and oxygen atoms in total. The molecule has 1 N–H and O–H groups in total. The van der Waals surface area contributed by atoms with E-state index in [1.165, 1.54) is 0 Å². The molecule has 0 aromatic heterocycles. The summed E-state index contributed by atoms with van der Waals surface area (Å²) in [5.74, 6) is 0.134. The molecular weight excluding hydrogens is 268 g/mol.